The van der Waals surface area contributed by atoms with Crippen molar-refractivity contribution in [3.05, 3.63) is 41.0 Å². The van der Waals surface area contributed by atoms with Gasteiger partial charge in [-0.15, -0.1) is 0 Å². The van der Waals surface area contributed by atoms with Gasteiger partial charge < -0.3 is 14.8 Å². The van der Waals surface area contributed by atoms with Crippen LogP contribution < -0.4 is 0 Å². The molecular formula is C13H14ClF3N4O2. The summed E-state index contributed by atoms with van der Waals surface area (Å²) in [4.78, 5) is 11.4. The number of alkyl halides is 3. The highest BCUT2D eigenvalue weighted by Gasteiger charge is 2.34. The van der Waals surface area contributed by atoms with Crippen LogP contribution >= 0.6 is 11.6 Å². The van der Waals surface area contributed by atoms with Crippen molar-refractivity contribution in [2.75, 3.05) is 6.61 Å². The van der Waals surface area contributed by atoms with Gasteiger partial charge in [-0.05, 0) is 6.42 Å². The molecule has 0 saturated carbocycles. The molecule has 2 rings (SSSR count). The first kappa shape index (κ1) is 17.6. The van der Waals surface area contributed by atoms with Crippen LogP contribution in [0.1, 0.15) is 23.8 Å². The Hall–Kier alpha value is -1.71. The third-order valence-corrected chi connectivity index (χ3v) is 3.24. The van der Waals surface area contributed by atoms with Gasteiger partial charge in [0.15, 0.2) is 5.69 Å². The van der Waals surface area contributed by atoms with E-state index in [0.29, 0.717) is 5.02 Å². The van der Waals surface area contributed by atoms with Crippen LogP contribution in [0, 0.1) is 0 Å². The number of hydrogen-bond acceptors (Lipinski definition) is 5. The average molecular weight is 351 g/mol. The summed E-state index contributed by atoms with van der Waals surface area (Å²) in [6.07, 6.45) is -1.85. The predicted molar refractivity (Wildman–Crippen MR) is 74.8 cm³/mol. The first-order chi connectivity index (χ1) is 10.8. The minimum absolute atomic E-state index is 0.00912. The van der Waals surface area contributed by atoms with Crippen molar-refractivity contribution in [3.63, 3.8) is 0 Å². The molecule has 0 aliphatic heterocycles. The monoisotopic (exact) mass is 350 g/mol. The normalized spacial score (nSPS) is 13.3. The Morgan fingerprint density at radius 3 is 2.48 bits per heavy atom. The van der Waals surface area contributed by atoms with E-state index in [9.17, 15) is 18.3 Å². The number of rotatable bonds is 6. The summed E-state index contributed by atoms with van der Waals surface area (Å²) >= 11 is 5.67. The molecule has 0 aliphatic rings. The second kappa shape index (κ2) is 7.24. The molecule has 0 bridgehead atoms. The van der Waals surface area contributed by atoms with Gasteiger partial charge in [0.1, 0.15) is 11.6 Å². The third kappa shape index (κ3) is 4.88. The summed E-state index contributed by atoms with van der Waals surface area (Å²) in [6, 6.07) is 0. The van der Waals surface area contributed by atoms with Crippen LogP contribution in [0.5, 0.6) is 0 Å². The first-order valence-electron chi connectivity index (χ1n) is 6.68. The predicted octanol–water partition coefficient (Wildman–Crippen LogP) is 1.68. The fraction of sp³-hybridized carbons (Fsp3) is 0.462. The molecule has 2 N–H and O–H groups in total. The van der Waals surface area contributed by atoms with Crippen molar-refractivity contribution < 1.29 is 23.4 Å². The van der Waals surface area contributed by atoms with Gasteiger partial charge in [-0.3, -0.25) is 0 Å². The van der Waals surface area contributed by atoms with Crippen LogP contribution in [0.4, 0.5) is 13.2 Å². The molecule has 1 unspecified atom stereocenters. The van der Waals surface area contributed by atoms with Gasteiger partial charge in [-0.2, -0.15) is 13.2 Å². The van der Waals surface area contributed by atoms with E-state index in [1.165, 1.54) is 17.0 Å². The molecule has 0 aromatic carbocycles. The number of aryl methyl sites for hydroxylation is 1. The Bertz CT molecular complexity index is 646. The maximum absolute atomic E-state index is 12.8. The van der Waals surface area contributed by atoms with Gasteiger partial charge in [0.2, 0.25) is 0 Å². The molecule has 2 aromatic rings. The van der Waals surface area contributed by atoms with Gasteiger partial charge >= 0.3 is 6.18 Å². The molecule has 1 atom stereocenters. The number of hydrogen-bond donors (Lipinski definition) is 2. The molecule has 6 nitrogen and oxygen atoms in total. The third-order valence-electron chi connectivity index (χ3n) is 3.05. The molecular weight excluding hydrogens is 337 g/mol. The Morgan fingerprint density at radius 1 is 1.26 bits per heavy atom. The Labute approximate surface area is 134 Å². The first-order valence-corrected chi connectivity index (χ1v) is 7.06. The van der Waals surface area contributed by atoms with E-state index in [1.54, 1.807) is 0 Å². The Balaban J connectivity index is 2.24. The van der Waals surface area contributed by atoms with E-state index in [2.05, 4.69) is 15.0 Å². The lowest BCUT2D eigenvalue weighted by molar-refractivity contribution is -0.141. The van der Waals surface area contributed by atoms with Crippen LogP contribution in [0.2, 0.25) is 5.02 Å². The maximum atomic E-state index is 12.8. The molecule has 2 aromatic heterocycles. The molecule has 0 saturated heterocycles. The van der Waals surface area contributed by atoms with Crippen molar-refractivity contribution in [1.82, 2.24) is 19.5 Å². The highest BCUT2D eigenvalue weighted by atomic mass is 35.5. The molecule has 0 radical (unpaired) electrons. The Kier molecular flexibility index (Phi) is 5.55. The van der Waals surface area contributed by atoms with E-state index in [-0.39, 0.29) is 31.0 Å². The minimum atomic E-state index is -4.57. The fourth-order valence-electron chi connectivity index (χ4n) is 1.89. The largest absolute Gasteiger partial charge is 0.434 e. The van der Waals surface area contributed by atoms with Crippen molar-refractivity contribution >= 4 is 11.6 Å². The second-order valence-corrected chi connectivity index (χ2v) is 5.30. The summed E-state index contributed by atoms with van der Waals surface area (Å²) in [6.45, 7) is -0.474. The van der Waals surface area contributed by atoms with Crippen molar-refractivity contribution in [2.45, 2.75) is 31.7 Å². The number of imidazole rings is 1. The summed E-state index contributed by atoms with van der Waals surface area (Å²) in [5, 5.41) is 18.5. The number of aliphatic hydroxyl groups excluding tert-OH is 2. The van der Waals surface area contributed by atoms with E-state index in [0.717, 1.165) is 6.20 Å². The number of halogens is 4. The van der Waals surface area contributed by atoms with E-state index in [1.807, 2.05) is 0 Å². The average Bonchev–Trinajstić information content (AvgIpc) is 2.90. The van der Waals surface area contributed by atoms with Crippen LogP contribution in [-0.4, -0.2) is 42.4 Å². The van der Waals surface area contributed by atoms with E-state index in [4.69, 9.17) is 16.7 Å². The van der Waals surface area contributed by atoms with Gasteiger partial charge in [0.05, 0.1) is 24.3 Å². The summed E-state index contributed by atoms with van der Waals surface area (Å²) in [5.41, 5.74) is -1.03. The fourth-order valence-corrected chi connectivity index (χ4v) is 1.98. The highest BCUT2D eigenvalue weighted by molar-refractivity contribution is 6.30. The van der Waals surface area contributed by atoms with Crippen LogP contribution in [0.25, 0.3) is 0 Å². The second-order valence-electron chi connectivity index (χ2n) is 4.86. The maximum Gasteiger partial charge on any atom is 0.434 e. The van der Waals surface area contributed by atoms with Gasteiger partial charge in [-0.1, -0.05) is 11.6 Å². The Morgan fingerprint density at radius 2 is 1.91 bits per heavy atom. The van der Waals surface area contributed by atoms with Crippen molar-refractivity contribution in [3.8, 4) is 0 Å². The van der Waals surface area contributed by atoms with Crippen LogP contribution in [0.15, 0.2) is 18.6 Å². The highest BCUT2D eigenvalue weighted by Crippen LogP contribution is 2.28. The van der Waals surface area contributed by atoms with Gasteiger partial charge in [0, 0.05) is 25.0 Å². The number of nitrogens with zero attached hydrogens (tertiary/aromatic N) is 4. The molecule has 126 valence electrons. The summed E-state index contributed by atoms with van der Waals surface area (Å²) < 4.78 is 39.7. The molecule has 0 fully saturated rings. The van der Waals surface area contributed by atoms with Gasteiger partial charge in [-0.25, -0.2) is 15.0 Å². The molecule has 0 spiro atoms. The molecule has 0 aliphatic carbocycles. The molecule has 2 heterocycles. The summed E-state index contributed by atoms with van der Waals surface area (Å²) in [7, 11) is 0. The summed E-state index contributed by atoms with van der Waals surface area (Å²) in [5.74, 6) is 0.410. The lowest BCUT2D eigenvalue weighted by atomic mass is 10.2. The van der Waals surface area contributed by atoms with Crippen LogP contribution in [-0.2, 0) is 19.1 Å². The molecule has 10 heteroatoms. The topological polar surface area (TPSA) is 84.1 Å². The zero-order valence-corrected chi connectivity index (χ0v) is 12.6. The quantitative estimate of drug-likeness (QED) is 0.828. The SMILES string of the molecule is OCC(O)CCc1nc(C(F)(F)F)cn1Cc1ncc(Cl)cn1. The van der Waals surface area contributed by atoms with Crippen molar-refractivity contribution in [2.24, 2.45) is 0 Å². The zero-order chi connectivity index (χ0) is 17.0. The number of aliphatic hydroxyl groups is 2. The van der Waals surface area contributed by atoms with Gasteiger partial charge in [0.25, 0.3) is 0 Å². The lowest BCUT2D eigenvalue weighted by Crippen LogP contribution is -2.15. The molecule has 23 heavy (non-hydrogen) atoms. The van der Waals surface area contributed by atoms with E-state index < -0.39 is 24.6 Å². The smallest absolute Gasteiger partial charge is 0.394 e. The van der Waals surface area contributed by atoms with Crippen LogP contribution in [0.3, 0.4) is 0 Å². The van der Waals surface area contributed by atoms with E-state index >= 15 is 0 Å². The lowest BCUT2D eigenvalue weighted by Gasteiger charge is -2.09. The number of aromatic nitrogens is 4. The zero-order valence-electron chi connectivity index (χ0n) is 11.8. The minimum Gasteiger partial charge on any atom is -0.394 e. The van der Waals surface area contributed by atoms with Crippen molar-refractivity contribution in [1.29, 1.82) is 0 Å². The standard InChI is InChI=1S/C13H14ClF3N4O2/c14-8-3-18-11(19-4-8)6-21-5-10(13(15,16)17)20-12(21)2-1-9(23)7-22/h3-5,9,22-23H,1-2,6-7H2. The molecule has 0 amide bonds.